The molecule has 2 N–H and O–H groups in total. The number of piperazine rings is 1. The van der Waals surface area contributed by atoms with Crippen molar-refractivity contribution in [1.82, 2.24) is 10.2 Å². The van der Waals surface area contributed by atoms with Crippen LogP contribution >= 0.6 is 12.4 Å². The Labute approximate surface area is 233 Å². The van der Waals surface area contributed by atoms with Crippen LogP contribution in [0.25, 0.3) is 0 Å². The van der Waals surface area contributed by atoms with Crippen LogP contribution in [0.1, 0.15) is 18.9 Å². The third-order valence-electron chi connectivity index (χ3n) is 7.08. The molecular weight excluding hydrogens is 530 g/mol. The van der Waals surface area contributed by atoms with E-state index in [0.717, 1.165) is 37.1 Å². The molecule has 2 amide bonds. The lowest BCUT2D eigenvalue weighted by molar-refractivity contribution is -0.119. The lowest BCUT2D eigenvalue weighted by Crippen LogP contribution is -2.47. The number of halogens is 2. The number of carbonyl (C=O) groups is 2. The molecule has 10 nitrogen and oxygen atoms in total. The van der Waals surface area contributed by atoms with Crippen LogP contribution in [0.4, 0.5) is 20.6 Å². The van der Waals surface area contributed by atoms with E-state index in [0.29, 0.717) is 43.4 Å². The Bertz CT molecular complexity index is 1190. The molecule has 39 heavy (non-hydrogen) atoms. The molecule has 0 aliphatic carbocycles. The highest BCUT2D eigenvalue weighted by Gasteiger charge is 2.33. The SMILES string of the molecule is CC(=O)NC[C@H]1CN(c2ccc(N3CCN(CCCOc4cccc5c4B(O)OC5)CC3)c(F)c2)C(=O)O1.Cl. The molecule has 2 aromatic rings. The van der Waals surface area contributed by atoms with Crippen LogP contribution in [-0.4, -0.2) is 87.6 Å². The second kappa shape index (κ2) is 12.9. The maximum absolute atomic E-state index is 15.1. The van der Waals surface area contributed by atoms with E-state index in [4.69, 9.17) is 14.1 Å². The number of hydrogen-bond donors (Lipinski definition) is 2. The predicted octanol–water partition coefficient (Wildman–Crippen LogP) is 1.52. The summed E-state index contributed by atoms with van der Waals surface area (Å²) < 4.78 is 31.5. The highest BCUT2D eigenvalue weighted by molar-refractivity contribution is 6.62. The number of ether oxygens (including phenoxy) is 2. The first kappa shape index (κ1) is 28.9. The van der Waals surface area contributed by atoms with Crippen molar-refractivity contribution in [2.75, 3.05) is 62.2 Å². The number of fused-ring (bicyclic) bond motifs is 1. The lowest BCUT2D eigenvalue weighted by Gasteiger charge is -2.36. The van der Waals surface area contributed by atoms with E-state index in [1.54, 1.807) is 12.1 Å². The van der Waals surface area contributed by atoms with Gasteiger partial charge in [-0.2, -0.15) is 0 Å². The Hall–Kier alpha value is -3.06. The van der Waals surface area contributed by atoms with Crippen molar-refractivity contribution in [1.29, 1.82) is 0 Å². The van der Waals surface area contributed by atoms with Crippen LogP contribution in [0.5, 0.6) is 5.75 Å². The highest BCUT2D eigenvalue weighted by atomic mass is 35.5. The summed E-state index contributed by atoms with van der Waals surface area (Å²) in [6.07, 6.45) is -0.189. The first-order valence-electron chi connectivity index (χ1n) is 12.9. The average molecular weight is 563 g/mol. The average Bonchev–Trinajstić information content (AvgIpc) is 3.48. The summed E-state index contributed by atoms with van der Waals surface area (Å²) in [5.74, 6) is 0.0837. The maximum atomic E-state index is 15.1. The summed E-state index contributed by atoms with van der Waals surface area (Å²) in [4.78, 5) is 29.1. The predicted molar refractivity (Wildman–Crippen MR) is 148 cm³/mol. The van der Waals surface area contributed by atoms with Gasteiger partial charge in [0, 0.05) is 45.1 Å². The zero-order chi connectivity index (χ0) is 26.6. The first-order chi connectivity index (χ1) is 18.4. The molecule has 210 valence electrons. The quantitative estimate of drug-likeness (QED) is 0.350. The van der Waals surface area contributed by atoms with E-state index in [1.165, 1.54) is 17.9 Å². The summed E-state index contributed by atoms with van der Waals surface area (Å²) >= 11 is 0. The number of cyclic esters (lactones) is 1. The largest absolute Gasteiger partial charge is 0.495 e. The Morgan fingerprint density at radius 3 is 2.77 bits per heavy atom. The van der Waals surface area contributed by atoms with Gasteiger partial charge >= 0.3 is 13.2 Å². The Morgan fingerprint density at radius 1 is 1.23 bits per heavy atom. The molecule has 1 atom stereocenters. The van der Waals surface area contributed by atoms with E-state index in [1.807, 2.05) is 23.1 Å². The van der Waals surface area contributed by atoms with E-state index in [9.17, 15) is 14.6 Å². The number of nitrogens with one attached hydrogen (secondary N) is 1. The topological polar surface area (TPSA) is 104 Å². The monoisotopic (exact) mass is 562 g/mol. The molecule has 0 saturated carbocycles. The van der Waals surface area contributed by atoms with E-state index in [2.05, 4.69) is 10.2 Å². The van der Waals surface area contributed by atoms with Crippen molar-refractivity contribution in [3.05, 3.63) is 47.8 Å². The standard InChI is InChI=1S/C26H32BFN4O6.ClH/c1-18(33)29-15-21-16-32(26(34)38-21)20-6-7-23(22(28)14-20)31-11-9-30(10-12-31)8-3-13-36-24-5-2-4-19-17-37-27(35)25(19)24;/h2,4-7,14,21,35H,3,8-13,15-17H2,1H3,(H,29,33);1H/t21-;/m0./s1. The zero-order valence-corrected chi connectivity index (χ0v) is 22.6. The number of benzene rings is 2. The third-order valence-corrected chi connectivity index (χ3v) is 7.08. The van der Waals surface area contributed by atoms with Crippen LogP contribution in [0.2, 0.25) is 0 Å². The van der Waals surface area contributed by atoms with Crippen molar-refractivity contribution in [3.63, 3.8) is 0 Å². The van der Waals surface area contributed by atoms with E-state index in [-0.39, 0.29) is 37.2 Å². The van der Waals surface area contributed by atoms with Crippen LogP contribution in [-0.2, 0) is 20.8 Å². The van der Waals surface area contributed by atoms with Gasteiger partial charge in [-0.25, -0.2) is 9.18 Å². The van der Waals surface area contributed by atoms with Crippen molar-refractivity contribution in [2.24, 2.45) is 0 Å². The molecule has 0 spiro atoms. The third kappa shape index (κ3) is 6.75. The van der Waals surface area contributed by atoms with Gasteiger partial charge in [0.2, 0.25) is 5.91 Å². The van der Waals surface area contributed by atoms with Gasteiger partial charge < -0.3 is 29.4 Å². The minimum absolute atomic E-state index is 0. The number of carbonyl (C=O) groups excluding carboxylic acids is 2. The molecule has 3 heterocycles. The van der Waals surface area contributed by atoms with Crippen LogP contribution in [0.15, 0.2) is 36.4 Å². The van der Waals surface area contributed by atoms with Gasteiger partial charge in [0.1, 0.15) is 17.7 Å². The number of hydrogen-bond acceptors (Lipinski definition) is 8. The molecule has 3 aliphatic rings. The van der Waals surface area contributed by atoms with Gasteiger partial charge in [0.15, 0.2) is 0 Å². The molecule has 13 heteroatoms. The summed E-state index contributed by atoms with van der Waals surface area (Å²) in [5, 5.41) is 12.6. The summed E-state index contributed by atoms with van der Waals surface area (Å²) in [7, 11) is -0.931. The fourth-order valence-electron chi connectivity index (χ4n) is 5.07. The Balaban J connectivity index is 0.00000353. The van der Waals surface area contributed by atoms with Crippen LogP contribution < -0.4 is 25.3 Å². The molecule has 2 fully saturated rings. The van der Waals surface area contributed by atoms with Gasteiger partial charge in [-0.05, 0) is 36.2 Å². The van der Waals surface area contributed by atoms with Gasteiger partial charge in [0.25, 0.3) is 0 Å². The first-order valence-corrected chi connectivity index (χ1v) is 12.9. The summed E-state index contributed by atoms with van der Waals surface area (Å²) in [6, 6.07) is 10.5. The van der Waals surface area contributed by atoms with E-state index < -0.39 is 19.3 Å². The summed E-state index contributed by atoms with van der Waals surface area (Å²) in [5.41, 5.74) is 2.62. The van der Waals surface area contributed by atoms with Crippen molar-refractivity contribution >= 4 is 48.4 Å². The van der Waals surface area contributed by atoms with E-state index >= 15 is 4.39 Å². The molecule has 0 aromatic heterocycles. The Morgan fingerprint density at radius 2 is 2.03 bits per heavy atom. The molecule has 5 rings (SSSR count). The lowest BCUT2D eigenvalue weighted by atomic mass is 9.79. The molecule has 0 unspecified atom stereocenters. The molecule has 3 aliphatic heterocycles. The fourth-order valence-corrected chi connectivity index (χ4v) is 5.07. The smallest absolute Gasteiger partial charge is 0.494 e. The number of anilines is 2. The molecule has 2 aromatic carbocycles. The molecule has 2 saturated heterocycles. The van der Waals surface area contributed by atoms with Crippen molar-refractivity contribution in [2.45, 2.75) is 26.1 Å². The second-order valence-corrected chi connectivity index (χ2v) is 9.71. The summed E-state index contributed by atoms with van der Waals surface area (Å²) in [6.45, 7) is 6.65. The minimum Gasteiger partial charge on any atom is -0.494 e. The van der Waals surface area contributed by atoms with Crippen molar-refractivity contribution in [3.8, 4) is 5.75 Å². The Kier molecular flexibility index (Phi) is 9.55. The minimum atomic E-state index is -0.931. The highest BCUT2D eigenvalue weighted by Crippen LogP contribution is 2.28. The number of nitrogens with zero attached hydrogens (tertiary/aromatic N) is 3. The molecule has 0 radical (unpaired) electrons. The van der Waals surface area contributed by atoms with Crippen LogP contribution in [0.3, 0.4) is 0 Å². The fraction of sp³-hybridized carbons (Fsp3) is 0.462. The second-order valence-electron chi connectivity index (χ2n) is 9.71. The normalized spacial score (nSPS) is 19.0. The zero-order valence-electron chi connectivity index (χ0n) is 21.8. The maximum Gasteiger partial charge on any atom is 0.495 e. The van der Waals surface area contributed by atoms with Crippen molar-refractivity contribution < 1.29 is 33.1 Å². The van der Waals surface area contributed by atoms with Gasteiger partial charge in [-0.15, -0.1) is 12.4 Å². The van der Waals surface area contributed by atoms with Gasteiger partial charge in [-0.3, -0.25) is 14.6 Å². The molecular formula is C26H33BClFN4O6. The van der Waals surface area contributed by atoms with Crippen LogP contribution in [0, 0.1) is 5.82 Å². The van der Waals surface area contributed by atoms with Gasteiger partial charge in [0.05, 0.1) is 37.7 Å². The number of amides is 2. The molecule has 0 bridgehead atoms. The number of rotatable bonds is 9. The van der Waals surface area contributed by atoms with Gasteiger partial charge in [-0.1, -0.05) is 12.1 Å².